The lowest BCUT2D eigenvalue weighted by molar-refractivity contribution is -0.152. The van der Waals surface area contributed by atoms with E-state index in [1.165, 1.54) is 5.56 Å². The minimum absolute atomic E-state index is 0.309. The molecule has 1 aromatic carbocycles. The van der Waals surface area contributed by atoms with Crippen molar-refractivity contribution in [1.29, 1.82) is 0 Å². The van der Waals surface area contributed by atoms with Crippen LogP contribution < -0.4 is 0 Å². The van der Waals surface area contributed by atoms with Crippen LogP contribution in [0.2, 0.25) is 0 Å². The van der Waals surface area contributed by atoms with Crippen LogP contribution in [0.4, 0.5) is 0 Å². The molecular weight excluding hydrogens is 240 g/mol. The molecule has 0 spiro atoms. The van der Waals surface area contributed by atoms with Crippen LogP contribution in [0.15, 0.2) is 24.3 Å². The maximum Gasteiger partial charge on any atom is 0.311 e. The maximum absolute atomic E-state index is 11.9. The van der Waals surface area contributed by atoms with Crippen LogP contribution in [-0.2, 0) is 16.0 Å². The van der Waals surface area contributed by atoms with Gasteiger partial charge < -0.3 is 9.84 Å². The number of rotatable bonds is 7. The van der Waals surface area contributed by atoms with Gasteiger partial charge in [0.25, 0.3) is 0 Å². The summed E-state index contributed by atoms with van der Waals surface area (Å²) in [6, 6.07) is 7.77. The van der Waals surface area contributed by atoms with Crippen molar-refractivity contribution >= 4 is 5.97 Å². The van der Waals surface area contributed by atoms with E-state index in [0.29, 0.717) is 13.0 Å². The smallest absolute Gasteiger partial charge is 0.311 e. The number of aliphatic hydroxyl groups is 1. The third-order valence-electron chi connectivity index (χ3n) is 3.30. The third kappa shape index (κ3) is 4.35. The van der Waals surface area contributed by atoms with E-state index in [1.807, 2.05) is 31.2 Å². The summed E-state index contributed by atoms with van der Waals surface area (Å²) in [5.41, 5.74) is 2.00. The van der Waals surface area contributed by atoms with Crippen LogP contribution in [-0.4, -0.2) is 17.7 Å². The van der Waals surface area contributed by atoms with E-state index in [0.717, 1.165) is 18.4 Å². The molecule has 0 heterocycles. The van der Waals surface area contributed by atoms with Gasteiger partial charge in [-0.15, -0.1) is 0 Å². The second-order valence-electron chi connectivity index (χ2n) is 4.69. The Morgan fingerprint density at radius 1 is 1.21 bits per heavy atom. The van der Waals surface area contributed by atoms with Crippen LogP contribution >= 0.6 is 0 Å². The van der Waals surface area contributed by atoms with Gasteiger partial charge in [-0.25, -0.2) is 0 Å². The van der Waals surface area contributed by atoms with Crippen molar-refractivity contribution in [1.82, 2.24) is 0 Å². The highest BCUT2D eigenvalue weighted by molar-refractivity contribution is 5.73. The van der Waals surface area contributed by atoms with Gasteiger partial charge >= 0.3 is 5.97 Å². The lowest BCUT2D eigenvalue weighted by Gasteiger charge is -2.21. The van der Waals surface area contributed by atoms with Crippen molar-refractivity contribution < 1.29 is 14.6 Å². The fourth-order valence-electron chi connectivity index (χ4n) is 2.15. The van der Waals surface area contributed by atoms with E-state index in [2.05, 4.69) is 6.92 Å². The maximum atomic E-state index is 11.9. The summed E-state index contributed by atoms with van der Waals surface area (Å²) in [7, 11) is 0. The molecule has 0 aliphatic heterocycles. The molecule has 1 N–H and O–H groups in total. The summed E-state index contributed by atoms with van der Waals surface area (Å²) in [4.78, 5) is 11.9. The van der Waals surface area contributed by atoms with Gasteiger partial charge in [-0.1, -0.05) is 44.5 Å². The summed E-state index contributed by atoms with van der Waals surface area (Å²) in [5, 5.41) is 10.4. The standard InChI is InChI=1S/C16H24O3/c1-4-7-14(16(18)19-6-3)15(17)13-10-8-12(5-2)9-11-13/h8-11,14-15,17H,4-7H2,1-3H3. The minimum Gasteiger partial charge on any atom is -0.466 e. The first-order valence-electron chi connectivity index (χ1n) is 7.07. The molecule has 19 heavy (non-hydrogen) atoms. The van der Waals surface area contributed by atoms with Crippen LogP contribution in [0.3, 0.4) is 0 Å². The summed E-state index contributed by atoms with van der Waals surface area (Å²) in [6.45, 7) is 6.22. The fourth-order valence-corrected chi connectivity index (χ4v) is 2.15. The van der Waals surface area contributed by atoms with Crippen molar-refractivity contribution in [3.8, 4) is 0 Å². The van der Waals surface area contributed by atoms with Gasteiger partial charge in [0.1, 0.15) is 0 Å². The van der Waals surface area contributed by atoms with E-state index in [-0.39, 0.29) is 5.97 Å². The molecule has 0 aliphatic rings. The molecule has 0 saturated carbocycles. The van der Waals surface area contributed by atoms with Crippen molar-refractivity contribution in [3.05, 3.63) is 35.4 Å². The molecule has 3 heteroatoms. The van der Waals surface area contributed by atoms with Crippen LogP contribution in [0.25, 0.3) is 0 Å². The number of hydrogen-bond acceptors (Lipinski definition) is 3. The van der Waals surface area contributed by atoms with E-state index < -0.39 is 12.0 Å². The predicted molar refractivity (Wildman–Crippen MR) is 75.8 cm³/mol. The second-order valence-corrected chi connectivity index (χ2v) is 4.69. The lowest BCUT2D eigenvalue weighted by atomic mass is 9.91. The van der Waals surface area contributed by atoms with Crippen LogP contribution in [0.5, 0.6) is 0 Å². The van der Waals surface area contributed by atoms with Crippen LogP contribution in [0.1, 0.15) is 50.8 Å². The molecule has 0 bridgehead atoms. The first-order valence-corrected chi connectivity index (χ1v) is 7.07. The van der Waals surface area contributed by atoms with Crippen molar-refractivity contribution in [2.45, 2.75) is 46.1 Å². The number of esters is 1. The summed E-state index contributed by atoms with van der Waals surface area (Å²) < 4.78 is 5.05. The molecule has 2 atom stereocenters. The average Bonchev–Trinajstić information content (AvgIpc) is 2.44. The monoisotopic (exact) mass is 264 g/mol. The van der Waals surface area contributed by atoms with Gasteiger partial charge in [0.05, 0.1) is 18.6 Å². The molecular formula is C16H24O3. The van der Waals surface area contributed by atoms with Gasteiger partial charge in [0.2, 0.25) is 0 Å². The average molecular weight is 264 g/mol. The first kappa shape index (κ1) is 15.7. The molecule has 1 aromatic rings. The molecule has 0 amide bonds. The van der Waals surface area contributed by atoms with E-state index in [4.69, 9.17) is 4.74 Å². The van der Waals surface area contributed by atoms with Crippen molar-refractivity contribution in [2.75, 3.05) is 6.61 Å². The summed E-state index contributed by atoms with van der Waals surface area (Å²) >= 11 is 0. The molecule has 0 saturated heterocycles. The molecule has 1 rings (SSSR count). The normalized spacial score (nSPS) is 13.9. The fraction of sp³-hybridized carbons (Fsp3) is 0.562. The Morgan fingerprint density at radius 2 is 1.84 bits per heavy atom. The van der Waals surface area contributed by atoms with Crippen molar-refractivity contribution in [3.63, 3.8) is 0 Å². The number of aliphatic hydroxyl groups excluding tert-OH is 1. The van der Waals surface area contributed by atoms with Crippen LogP contribution in [0, 0.1) is 5.92 Å². The topological polar surface area (TPSA) is 46.5 Å². The zero-order chi connectivity index (χ0) is 14.3. The van der Waals surface area contributed by atoms with Crippen molar-refractivity contribution in [2.24, 2.45) is 5.92 Å². The summed E-state index contributed by atoms with van der Waals surface area (Å²) in [6.07, 6.45) is 1.65. The Balaban J connectivity index is 2.84. The molecule has 0 fully saturated rings. The molecule has 106 valence electrons. The SMILES string of the molecule is CCCC(C(=O)OCC)C(O)c1ccc(CC)cc1. The van der Waals surface area contributed by atoms with E-state index >= 15 is 0 Å². The lowest BCUT2D eigenvalue weighted by Crippen LogP contribution is -2.24. The predicted octanol–water partition coefficient (Wildman–Crippen LogP) is 3.26. The number of carbonyl (C=O) groups is 1. The first-order chi connectivity index (χ1) is 9.13. The Bertz CT molecular complexity index is 383. The third-order valence-corrected chi connectivity index (χ3v) is 3.30. The molecule has 0 radical (unpaired) electrons. The van der Waals surface area contributed by atoms with Gasteiger partial charge in [-0.3, -0.25) is 4.79 Å². The molecule has 0 aromatic heterocycles. The number of benzene rings is 1. The Morgan fingerprint density at radius 3 is 2.32 bits per heavy atom. The Kier molecular flexibility index (Phi) is 6.57. The number of hydrogen-bond donors (Lipinski definition) is 1. The van der Waals surface area contributed by atoms with Gasteiger partial charge in [0, 0.05) is 0 Å². The molecule has 2 unspecified atom stereocenters. The van der Waals surface area contributed by atoms with E-state index in [9.17, 15) is 9.90 Å². The van der Waals surface area contributed by atoms with Gasteiger partial charge in [-0.2, -0.15) is 0 Å². The highest BCUT2D eigenvalue weighted by atomic mass is 16.5. The Hall–Kier alpha value is -1.35. The zero-order valence-electron chi connectivity index (χ0n) is 12.1. The van der Waals surface area contributed by atoms with Gasteiger partial charge in [-0.05, 0) is 30.9 Å². The highest BCUT2D eigenvalue weighted by Crippen LogP contribution is 2.27. The largest absolute Gasteiger partial charge is 0.466 e. The van der Waals surface area contributed by atoms with Gasteiger partial charge in [0.15, 0.2) is 0 Å². The Labute approximate surface area is 115 Å². The zero-order valence-corrected chi connectivity index (χ0v) is 12.1. The molecule has 3 nitrogen and oxygen atoms in total. The minimum atomic E-state index is -0.787. The number of carbonyl (C=O) groups excluding carboxylic acids is 1. The second kappa shape index (κ2) is 7.95. The van der Waals surface area contributed by atoms with E-state index in [1.54, 1.807) is 6.92 Å². The highest BCUT2D eigenvalue weighted by Gasteiger charge is 2.28. The number of aryl methyl sites for hydroxylation is 1. The number of ether oxygens (including phenoxy) is 1. The summed E-state index contributed by atoms with van der Waals surface area (Å²) in [5.74, 6) is -0.783. The quantitative estimate of drug-likeness (QED) is 0.769. The molecule has 0 aliphatic carbocycles.